The summed E-state index contributed by atoms with van der Waals surface area (Å²) in [6.45, 7) is 6.43. The highest BCUT2D eigenvalue weighted by atomic mass is 127. The van der Waals surface area contributed by atoms with Crippen LogP contribution in [0.25, 0.3) is 10.6 Å². The van der Waals surface area contributed by atoms with E-state index in [0.717, 1.165) is 39.6 Å². The van der Waals surface area contributed by atoms with Crippen molar-refractivity contribution in [3.05, 3.63) is 31.2 Å². The van der Waals surface area contributed by atoms with E-state index in [-0.39, 0.29) is 0 Å². The third-order valence-electron chi connectivity index (χ3n) is 2.69. The first-order valence-corrected chi connectivity index (χ1v) is 9.23. The van der Waals surface area contributed by atoms with Gasteiger partial charge >= 0.3 is 0 Å². The third-order valence-corrected chi connectivity index (χ3v) is 5.07. The van der Waals surface area contributed by atoms with Crippen LogP contribution >= 0.6 is 49.9 Å². The smallest absolute Gasteiger partial charge is 0.148 e. The van der Waals surface area contributed by atoms with Crippen molar-refractivity contribution in [1.82, 2.24) is 15.5 Å². The largest absolute Gasteiger partial charge is 0.316 e. The molecule has 0 saturated carbocycles. The molecular weight excluding hydrogens is 449 g/mol. The lowest BCUT2D eigenvalue weighted by Crippen LogP contribution is -2.22. The molecule has 2 rings (SSSR count). The van der Waals surface area contributed by atoms with E-state index in [1.165, 1.54) is 3.57 Å². The van der Waals surface area contributed by atoms with E-state index in [2.05, 4.69) is 86.1 Å². The zero-order valence-electron chi connectivity index (χ0n) is 11.5. The van der Waals surface area contributed by atoms with Gasteiger partial charge < -0.3 is 5.32 Å². The molecule has 0 unspecified atom stereocenters. The number of hydrogen-bond acceptors (Lipinski definition) is 4. The van der Waals surface area contributed by atoms with E-state index in [0.29, 0.717) is 5.92 Å². The maximum atomic E-state index is 4.31. The maximum absolute atomic E-state index is 4.31. The number of halogens is 2. The molecule has 6 heteroatoms. The second kappa shape index (κ2) is 7.82. The van der Waals surface area contributed by atoms with Crippen molar-refractivity contribution in [2.24, 2.45) is 5.92 Å². The highest BCUT2D eigenvalue weighted by Gasteiger charge is 2.10. The van der Waals surface area contributed by atoms with Crippen LogP contribution in [0.3, 0.4) is 0 Å². The van der Waals surface area contributed by atoms with Crippen molar-refractivity contribution in [1.29, 1.82) is 0 Å². The molecule has 2 aromatic rings. The monoisotopic (exact) mass is 465 g/mol. The first kappa shape index (κ1) is 16.3. The Balaban J connectivity index is 2.00. The molecular formula is C14H17BrIN3S. The van der Waals surface area contributed by atoms with Gasteiger partial charge in [-0.3, -0.25) is 0 Å². The molecule has 0 saturated heterocycles. The molecule has 1 N–H and O–H groups in total. The summed E-state index contributed by atoms with van der Waals surface area (Å²) < 4.78 is 2.27. The Morgan fingerprint density at radius 2 is 2.15 bits per heavy atom. The molecule has 1 heterocycles. The number of rotatable bonds is 6. The molecule has 108 valence electrons. The Morgan fingerprint density at radius 3 is 2.90 bits per heavy atom. The third kappa shape index (κ3) is 4.75. The van der Waals surface area contributed by atoms with Gasteiger partial charge in [0.05, 0.1) is 0 Å². The van der Waals surface area contributed by atoms with Gasteiger partial charge in [-0.15, -0.1) is 10.2 Å². The van der Waals surface area contributed by atoms with Gasteiger partial charge in [0, 0.05) is 26.6 Å². The van der Waals surface area contributed by atoms with Gasteiger partial charge in [0.1, 0.15) is 10.0 Å². The van der Waals surface area contributed by atoms with Crippen LogP contribution in [0.5, 0.6) is 0 Å². The zero-order valence-corrected chi connectivity index (χ0v) is 16.0. The highest BCUT2D eigenvalue weighted by Crippen LogP contribution is 2.31. The minimum atomic E-state index is 0.683. The van der Waals surface area contributed by atoms with Crippen molar-refractivity contribution in [3.63, 3.8) is 0 Å². The number of nitrogens with one attached hydrogen (secondary N) is 1. The van der Waals surface area contributed by atoms with Gasteiger partial charge in [-0.05, 0) is 53.3 Å². The standard InChI is InChI=1S/C14H17BrIN3S/c1-9(2)8-17-6-5-13-18-19-14(20-13)11-7-10(16)3-4-12(11)15/h3-4,7,9,17H,5-6,8H2,1-2H3. The molecule has 1 aromatic carbocycles. The Hall–Kier alpha value is -0.0500. The van der Waals surface area contributed by atoms with Crippen molar-refractivity contribution < 1.29 is 0 Å². The number of nitrogens with zero attached hydrogens (tertiary/aromatic N) is 2. The molecule has 20 heavy (non-hydrogen) atoms. The van der Waals surface area contributed by atoms with Crippen LogP contribution in [0.15, 0.2) is 22.7 Å². The molecule has 1 aromatic heterocycles. The summed E-state index contributed by atoms with van der Waals surface area (Å²) in [6.07, 6.45) is 0.936. The average Bonchev–Trinajstić information content (AvgIpc) is 2.86. The summed E-state index contributed by atoms with van der Waals surface area (Å²) in [7, 11) is 0. The van der Waals surface area contributed by atoms with Crippen molar-refractivity contribution in [2.45, 2.75) is 20.3 Å². The predicted molar refractivity (Wildman–Crippen MR) is 97.2 cm³/mol. The molecule has 0 aliphatic carbocycles. The fourth-order valence-corrected chi connectivity index (χ4v) is 3.64. The van der Waals surface area contributed by atoms with E-state index in [1.807, 2.05) is 0 Å². The van der Waals surface area contributed by atoms with E-state index < -0.39 is 0 Å². The van der Waals surface area contributed by atoms with Gasteiger partial charge in [0.25, 0.3) is 0 Å². The lowest BCUT2D eigenvalue weighted by molar-refractivity contribution is 0.553. The second-order valence-corrected chi connectivity index (χ2v) is 8.14. The van der Waals surface area contributed by atoms with Crippen LogP contribution in [0.1, 0.15) is 18.9 Å². The van der Waals surface area contributed by atoms with Crippen LogP contribution in [0.2, 0.25) is 0 Å². The van der Waals surface area contributed by atoms with Crippen LogP contribution in [-0.2, 0) is 6.42 Å². The van der Waals surface area contributed by atoms with E-state index in [1.54, 1.807) is 11.3 Å². The Bertz CT molecular complexity index is 571. The fraction of sp³-hybridized carbons (Fsp3) is 0.429. The fourth-order valence-electron chi connectivity index (χ4n) is 1.71. The molecule has 0 amide bonds. The minimum absolute atomic E-state index is 0.683. The van der Waals surface area contributed by atoms with Crippen molar-refractivity contribution in [2.75, 3.05) is 13.1 Å². The molecule has 0 aliphatic heterocycles. The van der Waals surface area contributed by atoms with Gasteiger partial charge in [0.15, 0.2) is 0 Å². The Morgan fingerprint density at radius 1 is 1.35 bits per heavy atom. The summed E-state index contributed by atoms with van der Waals surface area (Å²) in [5.41, 5.74) is 1.12. The summed E-state index contributed by atoms with van der Waals surface area (Å²) in [6, 6.07) is 6.26. The Kier molecular flexibility index (Phi) is 6.38. The molecule has 0 aliphatic rings. The Labute approximate surface area is 145 Å². The topological polar surface area (TPSA) is 37.8 Å². The normalized spacial score (nSPS) is 11.2. The van der Waals surface area contributed by atoms with E-state index in [4.69, 9.17) is 0 Å². The predicted octanol–water partition coefficient (Wildman–Crippen LogP) is 4.36. The average molecular weight is 466 g/mol. The molecule has 0 atom stereocenters. The summed E-state index contributed by atoms with van der Waals surface area (Å²) >= 11 is 7.57. The zero-order chi connectivity index (χ0) is 14.5. The van der Waals surface area contributed by atoms with Gasteiger partial charge in [0.2, 0.25) is 0 Å². The van der Waals surface area contributed by atoms with Crippen LogP contribution < -0.4 is 5.32 Å². The summed E-state index contributed by atoms with van der Waals surface area (Å²) in [4.78, 5) is 0. The minimum Gasteiger partial charge on any atom is -0.316 e. The van der Waals surface area contributed by atoms with Gasteiger partial charge in [-0.25, -0.2) is 0 Å². The summed E-state index contributed by atoms with van der Waals surface area (Å²) in [5, 5.41) is 14.1. The quantitative estimate of drug-likeness (QED) is 0.508. The first-order chi connectivity index (χ1) is 9.56. The van der Waals surface area contributed by atoms with Crippen LogP contribution in [-0.4, -0.2) is 23.3 Å². The second-order valence-electron chi connectivity index (χ2n) is 4.97. The van der Waals surface area contributed by atoms with Gasteiger partial charge in [-0.1, -0.05) is 41.1 Å². The number of benzene rings is 1. The maximum Gasteiger partial charge on any atom is 0.148 e. The molecule has 0 bridgehead atoms. The van der Waals surface area contributed by atoms with E-state index in [9.17, 15) is 0 Å². The molecule has 0 spiro atoms. The number of aromatic nitrogens is 2. The molecule has 0 radical (unpaired) electrons. The van der Waals surface area contributed by atoms with Crippen LogP contribution in [0.4, 0.5) is 0 Å². The van der Waals surface area contributed by atoms with Gasteiger partial charge in [-0.2, -0.15) is 0 Å². The lowest BCUT2D eigenvalue weighted by atomic mass is 10.2. The van der Waals surface area contributed by atoms with Crippen molar-refractivity contribution in [3.8, 4) is 10.6 Å². The number of hydrogen-bond donors (Lipinski definition) is 1. The SMILES string of the molecule is CC(C)CNCCc1nnc(-c2cc(I)ccc2Br)s1. The van der Waals surface area contributed by atoms with E-state index >= 15 is 0 Å². The summed E-state index contributed by atoms with van der Waals surface area (Å²) in [5.74, 6) is 0.683. The molecule has 0 fully saturated rings. The lowest BCUT2D eigenvalue weighted by Gasteiger charge is -2.05. The molecule has 3 nitrogen and oxygen atoms in total. The first-order valence-electron chi connectivity index (χ1n) is 6.55. The van der Waals surface area contributed by atoms with Crippen LogP contribution in [0, 0.1) is 9.49 Å². The van der Waals surface area contributed by atoms with Crippen molar-refractivity contribution >= 4 is 49.9 Å². The highest BCUT2D eigenvalue weighted by molar-refractivity contribution is 14.1.